The van der Waals surface area contributed by atoms with Gasteiger partial charge in [0.05, 0.1) is 13.2 Å². The minimum atomic E-state index is 0.723. The molecular formula is C12H28N2O. The zero-order valence-corrected chi connectivity index (χ0v) is 10.6. The molecule has 0 aromatic carbocycles. The van der Waals surface area contributed by atoms with Crippen LogP contribution in [0.4, 0.5) is 0 Å². The van der Waals surface area contributed by atoms with Gasteiger partial charge in [-0.15, -0.1) is 0 Å². The Kier molecular flexibility index (Phi) is 11.9. The summed E-state index contributed by atoms with van der Waals surface area (Å²) in [6.07, 6.45) is 2.52. The fraction of sp³-hybridized carbons (Fsp3) is 1.00. The predicted octanol–water partition coefficient (Wildman–Crippen LogP) is 1.64. The van der Waals surface area contributed by atoms with E-state index in [1.54, 1.807) is 0 Å². The van der Waals surface area contributed by atoms with Gasteiger partial charge in [0.2, 0.25) is 0 Å². The molecule has 0 aromatic rings. The van der Waals surface area contributed by atoms with Crippen LogP contribution in [0.2, 0.25) is 0 Å². The van der Waals surface area contributed by atoms with Gasteiger partial charge in [-0.3, -0.25) is 0 Å². The SMILES string of the molecule is CCCCNCCOCCNCC(C)C. The van der Waals surface area contributed by atoms with Crippen molar-refractivity contribution in [2.45, 2.75) is 33.6 Å². The Bertz CT molecular complexity index is 118. The Morgan fingerprint density at radius 1 is 1.00 bits per heavy atom. The zero-order chi connectivity index (χ0) is 11.4. The third-order valence-corrected chi connectivity index (χ3v) is 2.11. The highest BCUT2D eigenvalue weighted by Gasteiger charge is 1.92. The van der Waals surface area contributed by atoms with Crippen LogP contribution in [0.3, 0.4) is 0 Å². The third kappa shape index (κ3) is 13.9. The molecule has 0 amide bonds. The smallest absolute Gasteiger partial charge is 0.0591 e. The van der Waals surface area contributed by atoms with E-state index in [-0.39, 0.29) is 0 Å². The minimum Gasteiger partial charge on any atom is -0.379 e. The van der Waals surface area contributed by atoms with Crippen molar-refractivity contribution in [3.8, 4) is 0 Å². The molecule has 15 heavy (non-hydrogen) atoms. The van der Waals surface area contributed by atoms with E-state index in [4.69, 9.17) is 4.74 Å². The maximum Gasteiger partial charge on any atom is 0.0591 e. The molecule has 0 aliphatic heterocycles. The summed E-state index contributed by atoms with van der Waals surface area (Å²) in [7, 11) is 0. The van der Waals surface area contributed by atoms with E-state index in [2.05, 4.69) is 31.4 Å². The van der Waals surface area contributed by atoms with E-state index >= 15 is 0 Å². The first kappa shape index (κ1) is 14.9. The van der Waals surface area contributed by atoms with Gasteiger partial charge in [-0.1, -0.05) is 27.2 Å². The van der Waals surface area contributed by atoms with Crippen molar-refractivity contribution in [1.29, 1.82) is 0 Å². The first-order chi connectivity index (χ1) is 7.27. The van der Waals surface area contributed by atoms with Crippen LogP contribution in [0.1, 0.15) is 33.6 Å². The van der Waals surface area contributed by atoms with Gasteiger partial charge in [-0.2, -0.15) is 0 Å². The molecule has 0 saturated heterocycles. The second-order valence-electron chi connectivity index (χ2n) is 4.31. The number of rotatable bonds is 11. The van der Waals surface area contributed by atoms with Crippen molar-refractivity contribution in [3.63, 3.8) is 0 Å². The lowest BCUT2D eigenvalue weighted by Crippen LogP contribution is -2.26. The Hall–Kier alpha value is -0.120. The van der Waals surface area contributed by atoms with E-state index < -0.39 is 0 Å². The van der Waals surface area contributed by atoms with Crippen molar-refractivity contribution >= 4 is 0 Å². The lowest BCUT2D eigenvalue weighted by Gasteiger charge is -2.08. The molecule has 0 aliphatic rings. The maximum absolute atomic E-state index is 5.47. The van der Waals surface area contributed by atoms with Gasteiger partial charge in [0.1, 0.15) is 0 Å². The molecule has 0 atom stereocenters. The number of unbranched alkanes of at least 4 members (excludes halogenated alkanes) is 1. The van der Waals surface area contributed by atoms with Crippen LogP contribution >= 0.6 is 0 Å². The average molecular weight is 216 g/mol. The molecule has 0 rings (SSSR count). The monoisotopic (exact) mass is 216 g/mol. The standard InChI is InChI=1S/C12H28N2O/c1-4-5-6-13-7-9-15-10-8-14-11-12(2)3/h12-14H,4-11H2,1-3H3. The fourth-order valence-electron chi connectivity index (χ4n) is 1.21. The highest BCUT2D eigenvalue weighted by molar-refractivity contribution is 4.50. The first-order valence-electron chi connectivity index (χ1n) is 6.26. The third-order valence-electron chi connectivity index (χ3n) is 2.11. The zero-order valence-electron chi connectivity index (χ0n) is 10.6. The van der Waals surface area contributed by atoms with Crippen LogP contribution in [0.25, 0.3) is 0 Å². The van der Waals surface area contributed by atoms with Crippen LogP contribution in [0.15, 0.2) is 0 Å². The van der Waals surface area contributed by atoms with E-state index in [0.717, 1.165) is 45.3 Å². The van der Waals surface area contributed by atoms with Gasteiger partial charge in [0.15, 0.2) is 0 Å². The Morgan fingerprint density at radius 2 is 1.67 bits per heavy atom. The Morgan fingerprint density at radius 3 is 2.27 bits per heavy atom. The normalized spacial score (nSPS) is 11.2. The second-order valence-corrected chi connectivity index (χ2v) is 4.31. The van der Waals surface area contributed by atoms with Crippen molar-refractivity contribution in [2.24, 2.45) is 5.92 Å². The van der Waals surface area contributed by atoms with Gasteiger partial charge in [0.25, 0.3) is 0 Å². The summed E-state index contributed by atoms with van der Waals surface area (Å²) in [5.41, 5.74) is 0. The van der Waals surface area contributed by atoms with Crippen molar-refractivity contribution < 1.29 is 4.74 Å². The summed E-state index contributed by atoms with van der Waals surface area (Å²) in [6, 6.07) is 0. The van der Waals surface area contributed by atoms with Gasteiger partial charge in [-0.25, -0.2) is 0 Å². The molecule has 0 spiro atoms. The summed E-state index contributed by atoms with van der Waals surface area (Å²) in [5.74, 6) is 0.723. The quantitative estimate of drug-likeness (QED) is 0.515. The molecule has 0 fully saturated rings. The second kappa shape index (κ2) is 12.0. The van der Waals surface area contributed by atoms with Gasteiger partial charge >= 0.3 is 0 Å². The molecule has 3 heteroatoms. The first-order valence-corrected chi connectivity index (χ1v) is 6.26. The molecule has 0 unspecified atom stereocenters. The Balaban J connectivity index is 2.87. The number of nitrogens with one attached hydrogen (secondary N) is 2. The lowest BCUT2D eigenvalue weighted by atomic mass is 10.2. The highest BCUT2D eigenvalue weighted by atomic mass is 16.5. The van der Waals surface area contributed by atoms with E-state index in [1.807, 2.05) is 0 Å². The van der Waals surface area contributed by atoms with Gasteiger partial charge in [-0.05, 0) is 25.4 Å². The fourth-order valence-corrected chi connectivity index (χ4v) is 1.21. The van der Waals surface area contributed by atoms with E-state index in [9.17, 15) is 0 Å². The summed E-state index contributed by atoms with van der Waals surface area (Å²) in [4.78, 5) is 0. The molecule has 0 aliphatic carbocycles. The lowest BCUT2D eigenvalue weighted by molar-refractivity contribution is 0.137. The van der Waals surface area contributed by atoms with E-state index in [1.165, 1.54) is 12.8 Å². The van der Waals surface area contributed by atoms with Crippen LogP contribution < -0.4 is 10.6 Å². The molecule has 0 saturated carbocycles. The summed E-state index contributed by atoms with van der Waals surface area (Å²) < 4.78 is 5.47. The van der Waals surface area contributed by atoms with Gasteiger partial charge in [0, 0.05) is 13.1 Å². The summed E-state index contributed by atoms with van der Waals surface area (Å²) >= 11 is 0. The van der Waals surface area contributed by atoms with E-state index in [0.29, 0.717) is 0 Å². The summed E-state index contributed by atoms with van der Waals surface area (Å²) in [5, 5.41) is 6.70. The molecule has 0 bridgehead atoms. The van der Waals surface area contributed by atoms with Crippen LogP contribution in [-0.4, -0.2) is 39.4 Å². The number of hydrogen-bond donors (Lipinski definition) is 2. The van der Waals surface area contributed by atoms with Crippen LogP contribution in [0.5, 0.6) is 0 Å². The van der Waals surface area contributed by atoms with Crippen molar-refractivity contribution in [3.05, 3.63) is 0 Å². The maximum atomic E-state index is 5.47. The minimum absolute atomic E-state index is 0.723. The topological polar surface area (TPSA) is 33.3 Å². The molecule has 0 heterocycles. The number of hydrogen-bond acceptors (Lipinski definition) is 3. The molecule has 0 aromatic heterocycles. The average Bonchev–Trinajstić information content (AvgIpc) is 2.20. The molecule has 92 valence electrons. The van der Waals surface area contributed by atoms with Crippen molar-refractivity contribution in [1.82, 2.24) is 10.6 Å². The molecule has 3 nitrogen and oxygen atoms in total. The number of ether oxygens (including phenoxy) is 1. The van der Waals surface area contributed by atoms with Crippen LogP contribution in [-0.2, 0) is 4.74 Å². The largest absolute Gasteiger partial charge is 0.379 e. The molecular weight excluding hydrogens is 188 g/mol. The summed E-state index contributed by atoms with van der Waals surface area (Å²) in [6.45, 7) is 12.4. The van der Waals surface area contributed by atoms with Gasteiger partial charge < -0.3 is 15.4 Å². The molecule has 2 N–H and O–H groups in total. The molecule has 0 radical (unpaired) electrons. The predicted molar refractivity (Wildman–Crippen MR) is 66.3 cm³/mol. The highest BCUT2D eigenvalue weighted by Crippen LogP contribution is 1.86. The van der Waals surface area contributed by atoms with Crippen molar-refractivity contribution in [2.75, 3.05) is 39.4 Å². The Labute approximate surface area is 95.0 Å². The van der Waals surface area contributed by atoms with Crippen LogP contribution in [0, 0.1) is 5.92 Å².